The SMILES string of the molecule is Cc1ccc(C(=O)Nc2cc(C)c3nc(N)sc3c2)cc1. The first kappa shape index (κ1) is 13.6. The molecule has 0 radical (unpaired) electrons. The lowest BCUT2D eigenvalue weighted by Gasteiger charge is -2.07. The van der Waals surface area contributed by atoms with Crippen LogP contribution in [-0.2, 0) is 0 Å². The van der Waals surface area contributed by atoms with E-state index in [0.29, 0.717) is 10.7 Å². The molecular formula is C16H15N3OS. The lowest BCUT2D eigenvalue weighted by Crippen LogP contribution is -2.11. The molecule has 1 heterocycles. The van der Waals surface area contributed by atoms with Crippen molar-refractivity contribution in [3.63, 3.8) is 0 Å². The number of nitrogen functional groups attached to an aromatic ring is 1. The number of hydrogen-bond donors (Lipinski definition) is 2. The van der Waals surface area contributed by atoms with Gasteiger partial charge in [-0.15, -0.1) is 0 Å². The summed E-state index contributed by atoms with van der Waals surface area (Å²) in [6.45, 7) is 3.95. The van der Waals surface area contributed by atoms with Crippen molar-refractivity contribution >= 4 is 38.3 Å². The monoisotopic (exact) mass is 297 g/mol. The van der Waals surface area contributed by atoms with Gasteiger partial charge in [-0.1, -0.05) is 29.0 Å². The van der Waals surface area contributed by atoms with E-state index >= 15 is 0 Å². The molecule has 0 aliphatic rings. The third-order valence-corrected chi connectivity index (χ3v) is 4.11. The molecule has 106 valence electrons. The number of thiazole rings is 1. The topological polar surface area (TPSA) is 68.0 Å². The molecule has 1 aromatic heterocycles. The molecule has 0 saturated carbocycles. The van der Waals surface area contributed by atoms with Gasteiger partial charge in [0, 0.05) is 11.3 Å². The molecule has 0 aliphatic carbocycles. The van der Waals surface area contributed by atoms with Crippen LogP contribution in [0, 0.1) is 13.8 Å². The fraction of sp³-hybridized carbons (Fsp3) is 0.125. The highest BCUT2D eigenvalue weighted by molar-refractivity contribution is 7.22. The van der Waals surface area contributed by atoms with Gasteiger partial charge in [-0.05, 0) is 43.7 Å². The fourth-order valence-corrected chi connectivity index (χ4v) is 3.05. The van der Waals surface area contributed by atoms with Crippen molar-refractivity contribution in [2.75, 3.05) is 11.1 Å². The highest BCUT2D eigenvalue weighted by Gasteiger charge is 2.10. The number of nitrogens with zero attached hydrogens (tertiary/aromatic N) is 1. The Morgan fingerprint density at radius 2 is 1.90 bits per heavy atom. The van der Waals surface area contributed by atoms with Crippen LogP contribution in [0.2, 0.25) is 0 Å². The van der Waals surface area contributed by atoms with Gasteiger partial charge >= 0.3 is 0 Å². The summed E-state index contributed by atoms with van der Waals surface area (Å²) in [5.41, 5.74) is 10.2. The third-order valence-electron chi connectivity index (χ3n) is 3.27. The van der Waals surface area contributed by atoms with Crippen LogP contribution in [0.1, 0.15) is 21.5 Å². The number of aromatic nitrogens is 1. The number of nitrogens with one attached hydrogen (secondary N) is 1. The van der Waals surface area contributed by atoms with Crippen LogP contribution in [0.3, 0.4) is 0 Å². The Hall–Kier alpha value is -2.40. The van der Waals surface area contributed by atoms with Crippen LogP contribution in [0.5, 0.6) is 0 Å². The molecule has 3 aromatic rings. The van der Waals surface area contributed by atoms with Crippen molar-refractivity contribution < 1.29 is 4.79 Å². The van der Waals surface area contributed by atoms with Crippen LogP contribution in [0.4, 0.5) is 10.8 Å². The van der Waals surface area contributed by atoms with E-state index in [-0.39, 0.29) is 5.91 Å². The summed E-state index contributed by atoms with van der Waals surface area (Å²) in [5.74, 6) is -0.119. The molecule has 4 nitrogen and oxygen atoms in total. The molecule has 3 rings (SSSR count). The van der Waals surface area contributed by atoms with Gasteiger partial charge in [0.15, 0.2) is 5.13 Å². The molecule has 0 unspecified atom stereocenters. The van der Waals surface area contributed by atoms with Crippen molar-refractivity contribution in [1.29, 1.82) is 0 Å². The van der Waals surface area contributed by atoms with Gasteiger partial charge in [-0.25, -0.2) is 4.98 Å². The summed E-state index contributed by atoms with van der Waals surface area (Å²) in [4.78, 5) is 16.5. The number of hydrogen-bond acceptors (Lipinski definition) is 4. The number of benzene rings is 2. The normalized spacial score (nSPS) is 10.8. The van der Waals surface area contributed by atoms with E-state index in [4.69, 9.17) is 5.73 Å². The van der Waals surface area contributed by atoms with Crippen LogP contribution >= 0.6 is 11.3 Å². The van der Waals surface area contributed by atoms with Crippen LogP contribution in [0.25, 0.3) is 10.2 Å². The number of nitrogens with two attached hydrogens (primary N) is 1. The van der Waals surface area contributed by atoms with Gasteiger partial charge in [0.2, 0.25) is 0 Å². The first-order valence-electron chi connectivity index (χ1n) is 6.57. The lowest BCUT2D eigenvalue weighted by atomic mass is 10.1. The summed E-state index contributed by atoms with van der Waals surface area (Å²) in [6.07, 6.45) is 0. The smallest absolute Gasteiger partial charge is 0.255 e. The fourth-order valence-electron chi connectivity index (χ4n) is 2.19. The molecule has 5 heteroatoms. The second-order valence-electron chi connectivity index (χ2n) is 5.01. The minimum absolute atomic E-state index is 0.119. The van der Waals surface area contributed by atoms with Gasteiger partial charge in [-0.3, -0.25) is 4.79 Å². The number of rotatable bonds is 2. The predicted octanol–water partition coefficient (Wildman–Crippen LogP) is 3.75. The molecule has 0 bridgehead atoms. The molecule has 0 atom stereocenters. The number of aryl methyl sites for hydroxylation is 2. The molecule has 3 N–H and O–H groups in total. The van der Waals surface area contributed by atoms with E-state index in [0.717, 1.165) is 27.0 Å². The maximum absolute atomic E-state index is 12.2. The van der Waals surface area contributed by atoms with E-state index in [1.807, 2.05) is 50.2 Å². The minimum atomic E-state index is -0.119. The number of anilines is 2. The molecule has 0 aliphatic heterocycles. The van der Waals surface area contributed by atoms with E-state index < -0.39 is 0 Å². The predicted molar refractivity (Wildman–Crippen MR) is 87.9 cm³/mol. The van der Waals surface area contributed by atoms with E-state index in [2.05, 4.69) is 10.3 Å². The first-order chi connectivity index (χ1) is 10.0. The zero-order chi connectivity index (χ0) is 15.0. The van der Waals surface area contributed by atoms with E-state index in [1.165, 1.54) is 11.3 Å². The highest BCUT2D eigenvalue weighted by atomic mass is 32.1. The Morgan fingerprint density at radius 1 is 1.19 bits per heavy atom. The number of amides is 1. The molecule has 0 saturated heterocycles. The minimum Gasteiger partial charge on any atom is -0.375 e. The van der Waals surface area contributed by atoms with Crippen molar-refractivity contribution in [2.24, 2.45) is 0 Å². The van der Waals surface area contributed by atoms with Gasteiger partial charge in [0.05, 0.1) is 10.2 Å². The van der Waals surface area contributed by atoms with Gasteiger partial charge in [0.1, 0.15) is 0 Å². The van der Waals surface area contributed by atoms with Crippen LogP contribution in [-0.4, -0.2) is 10.9 Å². The Labute approximate surface area is 126 Å². The maximum Gasteiger partial charge on any atom is 0.255 e. The third kappa shape index (κ3) is 2.73. The highest BCUT2D eigenvalue weighted by Crippen LogP contribution is 2.29. The number of carbonyl (C=O) groups excluding carboxylic acids is 1. The van der Waals surface area contributed by atoms with E-state index in [9.17, 15) is 4.79 Å². The summed E-state index contributed by atoms with van der Waals surface area (Å²) < 4.78 is 0.978. The summed E-state index contributed by atoms with van der Waals surface area (Å²) in [6, 6.07) is 11.3. The zero-order valence-electron chi connectivity index (χ0n) is 11.8. The van der Waals surface area contributed by atoms with Gasteiger partial charge in [-0.2, -0.15) is 0 Å². The van der Waals surface area contributed by atoms with Crippen molar-refractivity contribution in [3.8, 4) is 0 Å². The summed E-state index contributed by atoms with van der Waals surface area (Å²) in [5, 5.41) is 3.46. The zero-order valence-corrected chi connectivity index (χ0v) is 12.6. The Kier molecular flexibility index (Phi) is 3.35. The molecular weight excluding hydrogens is 282 g/mol. The number of fused-ring (bicyclic) bond motifs is 1. The van der Waals surface area contributed by atoms with Crippen molar-refractivity contribution in [3.05, 3.63) is 53.1 Å². The second kappa shape index (κ2) is 5.18. The average Bonchev–Trinajstić information content (AvgIpc) is 2.80. The first-order valence-corrected chi connectivity index (χ1v) is 7.39. The molecule has 0 fully saturated rings. The van der Waals surface area contributed by atoms with Crippen molar-refractivity contribution in [1.82, 2.24) is 4.98 Å². The van der Waals surface area contributed by atoms with Crippen molar-refractivity contribution in [2.45, 2.75) is 13.8 Å². The standard InChI is InChI=1S/C16H15N3OS/c1-9-3-5-11(6-4-9)15(20)18-12-7-10(2)14-13(8-12)21-16(17)19-14/h3-8H,1-2H3,(H2,17,19)(H,18,20). The Morgan fingerprint density at radius 3 is 2.62 bits per heavy atom. The maximum atomic E-state index is 12.2. The Balaban J connectivity index is 1.90. The van der Waals surface area contributed by atoms with Crippen LogP contribution in [0.15, 0.2) is 36.4 Å². The summed E-state index contributed by atoms with van der Waals surface area (Å²) in [7, 11) is 0. The largest absolute Gasteiger partial charge is 0.375 e. The van der Waals surface area contributed by atoms with Gasteiger partial charge < -0.3 is 11.1 Å². The number of carbonyl (C=O) groups is 1. The second-order valence-corrected chi connectivity index (χ2v) is 6.07. The molecule has 0 spiro atoms. The summed E-state index contributed by atoms with van der Waals surface area (Å²) >= 11 is 1.42. The average molecular weight is 297 g/mol. The quantitative estimate of drug-likeness (QED) is 0.757. The molecule has 21 heavy (non-hydrogen) atoms. The lowest BCUT2D eigenvalue weighted by molar-refractivity contribution is 0.102. The van der Waals surface area contributed by atoms with Crippen LogP contribution < -0.4 is 11.1 Å². The van der Waals surface area contributed by atoms with Gasteiger partial charge in [0.25, 0.3) is 5.91 Å². The Bertz CT molecular complexity index is 821. The molecule has 1 amide bonds. The molecule has 2 aromatic carbocycles. The van der Waals surface area contributed by atoms with E-state index in [1.54, 1.807) is 0 Å².